The van der Waals surface area contributed by atoms with Crippen molar-refractivity contribution in [2.45, 2.75) is 0 Å². The van der Waals surface area contributed by atoms with Gasteiger partial charge in [0.25, 0.3) is 0 Å². The molecule has 0 fully saturated rings. The topological polar surface area (TPSA) is 16.4 Å². The summed E-state index contributed by atoms with van der Waals surface area (Å²) in [5.74, 6) is 0. The Morgan fingerprint density at radius 1 is 0.304 bits per heavy atom. The van der Waals surface area contributed by atoms with Crippen LogP contribution in [0, 0.1) is 0 Å². The van der Waals surface area contributed by atoms with E-state index in [0.29, 0.717) is 0 Å². The zero-order chi connectivity index (χ0) is 37.0. The Kier molecular flexibility index (Phi) is 7.53. The van der Waals surface area contributed by atoms with Gasteiger partial charge in [-0.25, -0.2) is 0 Å². The van der Waals surface area contributed by atoms with Gasteiger partial charge in [0.05, 0.1) is 5.69 Å². The molecule has 2 heteroatoms. The second-order valence-electron chi connectivity index (χ2n) is 14.5. The minimum absolute atomic E-state index is 0.891. The molecule has 0 aliphatic rings. The number of furan rings is 1. The summed E-state index contributed by atoms with van der Waals surface area (Å²) in [6.07, 6.45) is 0. The molecule has 0 spiro atoms. The maximum Gasteiger partial charge on any atom is 0.143 e. The van der Waals surface area contributed by atoms with Crippen molar-refractivity contribution in [3.05, 3.63) is 212 Å². The lowest BCUT2D eigenvalue weighted by Gasteiger charge is -2.28. The van der Waals surface area contributed by atoms with Crippen LogP contribution in [0.3, 0.4) is 0 Å². The number of anilines is 3. The number of para-hydroxylation sites is 1. The molecule has 56 heavy (non-hydrogen) atoms. The molecule has 0 amide bonds. The molecular formula is C54H35NO. The third-order valence-corrected chi connectivity index (χ3v) is 11.2. The average molecular weight is 714 g/mol. The molecule has 0 atom stereocenters. The predicted molar refractivity (Wildman–Crippen MR) is 237 cm³/mol. The van der Waals surface area contributed by atoms with Crippen molar-refractivity contribution in [3.63, 3.8) is 0 Å². The molecule has 1 heterocycles. The van der Waals surface area contributed by atoms with Crippen molar-refractivity contribution in [2.75, 3.05) is 4.90 Å². The Morgan fingerprint density at radius 3 is 1.79 bits per heavy atom. The van der Waals surface area contributed by atoms with Crippen LogP contribution in [0.1, 0.15) is 0 Å². The van der Waals surface area contributed by atoms with E-state index in [9.17, 15) is 0 Å². The fraction of sp³-hybridized carbons (Fsp3) is 0. The number of hydrogen-bond donors (Lipinski definition) is 0. The molecule has 11 aromatic rings. The lowest BCUT2D eigenvalue weighted by Crippen LogP contribution is -2.11. The molecule has 0 N–H and O–H groups in total. The Bertz CT molecular complexity index is 3250. The van der Waals surface area contributed by atoms with Gasteiger partial charge < -0.3 is 9.32 Å². The van der Waals surface area contributed by atoms with Crippen LogP contribution in [-0.4, -0.2) is 0 Å². The van der Waals surface area contributed by atoms with E-state index in [2.05, 4.69) is 217 Å². The molecule has 10 aromatic carbocycles. The molecule has 0 radical (unpaired) electrons. The van der Waals surface area contributed by atoms with E-state index >= 15 is 0 Å². The first kappa shape index (κ1) is 32.0. The Balaban J connectivity index is 1.05. The van der Waals surface area contributed by atoms with Crippen LogP contribution in [0.2, 0.25) is 0 Å². The highest BCUT2D eigenvalue weighted by Crippen LogP contribution is 2.44. The number of hydrogen-bond acceptors (Lipinski definition) is 2. The molecule has 262 valence electrons. The van der Waals surface area contributed by atoms with Crippen molar-refractivity contribution in [1.82, 2.24) is 0 Å². The number of rotatable bonds is 6. The molecule has 2 nitrogen and oxygen atoms in total. The van der Waals surface area contributed by atoms with Crippen molar-refractivity contribution >= 4 is 71.3 Å². The van der Waals surface area contributed by atoms with Gasteiger partial charge in [0.15, 0.2) is 0 Å². The van der Waals surface area contributed by atoms with Crippen LogP contribution >= 0.6 is 0 Å². The van der Waals surface area contributed by atoms with Crippen LogP contribution in [-0.2, 0) is 0 Å². The summed E-state index contributed by atoms with van der Waals surface area (Å²) < 4.78 is 6.51. The first-order valence-electron chi connectivity index (χ1n) is 19.2. The van der Waals surface area contributed by atoms with Gasteiger partial charge in [-0.3, -0.25) is 0 Å². The minimum atomic E-state index is 0.891. The third-order valence-electron chi connectivity index (χ3n) is 11.2. The first-order chi connectivity index (χ1) is 27.7. The fourth-order valence-corrected chi connectivity index (χ4v) is 8.46. The van der Waals surface area contributed by atoms with Gasteiger partial charge in [-0.15, -0.1) is 0 Å². The molecule has 11 rings (SSSR count). The molecular weight excluding hydrogens is 679 g/mol. The van der Waals surface area contributed by atoms with Crippen molar-refractivity contribution < 1.29 is 4.42 Å². The van der Waals surface area contributed by atoms with E-state index < -0.39 is 0 Å². The SMILES string of the molecule is c1ccc(-c2cccc(N(c3ccc(-c4ccc5c(ccc6ccccc65)c4)cc3)c3ccccc3-c3ccc4oc5c6ccccc6ccc5c4c3)c2)cc1. The Labute approximate surface area is 325 Å². The molecule has 0 aliphatic carbocycles. The summed E-state index contributed by atoms with van der Waals surface area (Å²) in [6, 6.07) is 76.5. The average Bonchev–Trinajstić information content (AvgIpc) is 3.66. The second-order valence-corrected chi connectivity index (χ2v) is 14.5. The second kappa shape index (κ2) is 13.2. The fourth-order valence-electron chi connectivity index (χ4n) is 8.46. The van der Waals surface area contributed by atoms with Crippen LogP contribution in [0.25, 0.3) is 87.6 Å². The van der Waals surface area contributed by atoms with Gasteiger partial charge in [-0.05, 0) is 109 Å². The quantitative estimate of drug-likeness (QED) is 0.160. The maximum atomic E-state index is 6.51. The highest BCUT2D eigenvalue weighted by molar-refractivity contribution is 6.16. The van der Waals surface area contributed by atoms with Gasteiger partial charge in [0.1, 0.15) is 11.2 Å². The summed E-state index contributed by atoms with van der Waals surface area (Å²) in [4.78, 5) is 2.39. The lowest BCUT2D eigenvalue weighted by molar-refractivity contribution is 0.672. The number of nitrogens with zero attached hydrogens (tertiary/aromatic N) is 1. The molecule has 0 saturated carbocycles. The van der Waals surface area contributed by atoms with Gasteiger partial charge >= 0.3 is 0 Å². The van der Waals surface area contributed by atoms with Crippen molar-refractivity contribution in [3.8, 4) is 33.4 Å². The predicted octanol–water partition coefficient (Wildman–Crippen LogP) is 15.5. The zero-order valence-corrected chi connectivity index (χ0v) is 30.6. The van der Waals surface area contributed by atoms with Crippen LogP contribution in [0.5, 0.6) is 0 Å². The van der Waals surface area contributed by atoms with E-state index in [4.69, 9.17) is 4.42 Å². The van der Waals surface area contributed by atoms with Crippen LogP contribution < -0.4 is 4.90 Å². The zero-order valence-electron chi connectivity index (χ0n) is 30.6. The minimum Gasteiger partial charge on any atom is -0.455 e. The number of fused-ring (bicyclic) bond motifs is 8. The summed E-state index contributed by atoms with van der Waals surface area (Å²) in [6.45, 7) is 0. The van der Waals surface area contributed by atoms with Gasteiger partial charge in [-0.1, -0.05) is 158 Å². The van der Waals surface area contributed by atoms with Gasteiger partial charge in [0, 0.05) is 33.1 Å². The Hall–Kier alpha value is -7.42. The molecule has 0 unspecified atom stereocenters. The van der Waals surface area contributed by atoms with E-state index in [1.165, 1.54) is 49.2 Å². The summed E-state index contributed by atoms with van der Waals surface area (Å²) in [7, 11) is 0. The highest BCUT2D eigenvalue weighted by atomic mass is 16.3. The van der Waals surface area contributed by atoms with Crippen LogP contribution in [0.4, 0.5) is 17.1 Å². The van der Waals surface area contributed by atoms with E-state index in [-0.39, 0.29) is 0 Å². The van der Waals surface area contributed by atoms with Gasteiger partial charge in [-0.2, -0.15) is 0 Å². The summed E-state index contributed by atoms with van der Waals surface area (Å²) in [5, 5.41) is 9.62. The smallest absolute Gasteiger partial charge is 0.143 e. The van der Waals surface area contributed by atoms with Crippen LogP contribution in [0.15, 0.2) is 217 Å². The Morgan fingerprint density at radius 2 is 0.911 bits per heavy atom. The van der Waals surface area contributed by atoms with E-state index in [1.54, 1.807) is 0 Å². The summed E-state index contributed by atoms with van der Waals surface area (Å²) >= 11 is 0. The highest BCUT2D eigenvalue weighted by Gasteiger charge is 2.19. The molecule has 0 bridgehead atoms. The molecule has 0 saturated heterocycles. The molecule has 0 aliphatic heterocycles. The summed E-state index contributed by atoms with van der Waals surface area (Å²) in [5.41, 5.74) is 12.1. The normalized spacial score (nSPS) is 11.6. The monoisotopic (exact) mass is 713 g/mol. The number of benzene rings is 10. The van der Waals surface area contributed by atoms with Crippen molar-refractivity contribution in [2.24, 2.45) is 0 Å². The largest absolute Gasteiger partial charge is 0.455 e. The first-order valence-corrected chi connectivity index (χ1v) is 19.2. The van der Waals surface area contributed by atoms with E-state index in [1.807, 2.05) is 0 Å². The standard InChI is InChI=1S/C54H35NO/c1-2-11-36(12-3-1)40-15-10-16-45(34-40)55(44-28-23-37(24-29-44)41-26-30-47-42(33-41)22-21-38-13-4-6-17-46(38)47)52-20-9-8-18-48(52)43-27-32-53-51(35-43)50-31-25-39-14-5-7-19-49(39)54(50)56-53/h1-35H. The molecule has 1 aromatic heterocycles. The van der Waals surface area contributed by atoms with E-state index in [0.717, 1.165) is 55.5 Å². The maximum absolute atomic E-state index is 6.51. The third kappa shape index (κ3) is 5.42. The lowest BCUT2D eigenvalue weighted by atomic mass is 9.97. The van der Waals surface area contributed by atoms with Gasteiger partial charge in [0.2, 0.25) is 0 Å². The van der Waals surface area contributed by atoms with Crippen molar-refractivity contribution in [1.29, 1.82) is 0 Å².